The molecule has 0 radical (unpaired) electrons. The predicted octanol–water partition coefficient (Wildman–Crippen LogP) is 2.63. The van der Waals surface area contributed by atoms with Gasteiger partial charge in [-0.3, -0.25) is 4.79 Å². The molecule has 4 nitrogen and oxygen atoms in total. The molecule has 0 spiro atoms. The molecule has 0 saturated heterocycles. The first-order valence-corrected chi connectivity index (χ1v) is 6.13. The molecule has 5 N–H and O–H groups in total. The largest absolute Gasteiger partial charge is 0.399 e. The van der Waals surface area contributed by atoms with Gasteiger partial charge in [0.2, 0.25) is 0 Å². The van der Waals surface area contributed by atoms with Crippen molar-refractivity contribution in [2.45, 2.75) is 6.54 Å². The maximum absolute atomic E-state index is 12.1. The molecule has 0 aromatic heterocycles. The van der Waals surface area contributed by atoms with Crippen molar-refractivity contribution < 1.29 is 4.79 Å². The van der Waals surface area contributed by atoms with Gasteiger partial charge in [0.25, 0.3) is 5.91 Å². The molecule has 0 unspecified atom stereocenters. The van der Waals surface area contributed by atoms with Crippen LogP contribution >= 0.6 is 11.6 Å². The lowest BCUT2D eigenvalue weighted by molar-refractivity contribution is 0.102. The predicted molar refractivity (Wildman–Crippen MR) is 78.2 cm³/mol. The lowest BCUT2D eigenvalue weighted by Gasteiger charge is -2.08. The molecule has 0 atom stereocenters. The van der Waals surface area contributed by atoms with Gasteiger partial charge in [0.1, 0.15) is 0 Å². The molecule has 2 aromatic rings. The van der Waals surface area contributed by atoms with Gasteiger partial charge in [0.15, 0.2) is 0 Å². The molecule has 19 heavy (non-hydrogen) atoms. The summed E-state index contributed by atoms with van der Waals surface area (Å²) in [6, 6.07) is 12.1. The fourth-order valence-corrected chi connectivity index (χ4v) is 1.84. The molecule has 5 heteroatoms. The number of benzene rings is 2. The number of amides is 1. The Labute approximate surface area is 116 Å². The highest BCUT2D eigenvalue weighted by Crippen LogP contribution is 2.20. The fourth-order valence-electron chi connectivity index (χ4n) is 1.64. The molecule has 1 amide bonds. The normalized spacial score (nSPS) is 10.2. The van der Waals surface area contributed by atoms with Crippen molar-refractivity contribution in [2.75, 3.05) is 11.1 Å². The number of carbonyl (C=O) groups excluding carboxylic acids is 1. The molecule has 0 aliphatic carbocycles. The highest BCUT2D eigenvalue weighted by atomic mass is 35.5. The second kappa shape index (κ2) is 5.73. The summed E-state index contributed by atoms with van der Waals surface area (Å²) in [5, 5.41) is 3.12. The summed E-state index contributed by atoms with van der Waals surface area (Å²) in [5.74, 6) is -0.294. The molecule has 0 bridgehead atoms. The number of halogens is 1. The lowest BCUT2D eigenvalue weighted by atomic mass is 10.1. The van der Waals surface area contributed by atoms with Crippen molar-refractivity contribution in [3.05, 3.63) is 58.6 Å². The third kappa shape index (κ3) is 3.24. The van der Waals surface area contributed by atoms with Gasteiger partial charge in [-0.2, -0.15) is 0 Å². The maximum atomic E-state index is 12.1. The molecular weight excluding hydrogens is 262 g/mol. The molecule has 0 aliphatic heterocycles. The highest BCUT2D eigenvalue weighted by Gasteiger charge is 2.10. The molecule has 2 rings (SSSR count). The van der Waals surface area contributed by atoms with Crippen molar-refractivity contribution in [1.29, 1.82) is 0 Å². The standard InChI is InChI=1S/C14H14ClN3O/c15-13-6-3-10(17)7-12(13)14(19)18-11-4-1-9(8-16)2-5-11/h1-7H,8,16-17H2,(H,18,19). The SMILES string of the molecule is NCc1ccc(NC(=O)c2cc(N)ccc2Cl)cc1. The van der Waals surface area contributed by atoms with Gasteiger partial charge < -0.3 is 16.8 Å². The molecule has 2 aromatic carbocycles. The van der Waals surface area contributed by atoms with Crippen molar-refractivity contribution in [1.82, 2.24) is 0 Å². The van der Waals surface area contributed by atoms with E-state index in [4.69, 9.17) is 23.1 Å². The van der Waals surface area contributed by atoms with Gasteiger partial charge in [0.05, 0.1) is 10.6 Å². The number of nitrogens with two attached hydrogens (primary N) is 2. The van der Waals surface area contributed by atoms with E-state index in [1.54, 1.807) is 30.3 Å². The Morgan fingerprint density at radius 1 is 1.16 bits per heavy atom. The number of nitrogens with one attached hydrogen (secondary N) is 1. The number of anilines is 2. The smallest absolute Gasteiger partial charge is 0.257 e. The van der Waals surface area contributed by atoms with E-state index in [1.807, 2.05) is 12.1 Å². The lowest BCUT2D eigenvalue weighted by Crippen LogP contribution is -2.13. The van der Waals surface area contributed by atoms with E-state index in [9.17, 15) is 4.79 Å². The van der Waals surface area contributed by atoms with Gasteiger partial charge in [-0.25, -0.2) is 0 Å². The first-order valence-electron chi connectivity index (χ1n) is 5.75. The second-order valence-electron chi connectivity index (χ2n) is 4.09. The second-order valence-corrected chi connectivity index (χ2v) is 4.50. The zero-order chi connectivity index (χ0) is 13.8. The van der Waals surface area contributed by atoms with Crippen LogP contribution in [-0.2, 0) is 6.54 Å². The van der Waals surface area contributed by atoms with Crippen LogP contribution in [0.3, 0.4) is 0 Å². The number of hydrogen-bond donors (Lipinski definition) is 3. The average molecular weight is 276 g/mol. The summed E-state index contributed by atoms with van der Waals surface area (Å²) in [5.41, 5.74) is 13.7. The Morgan fingerprint density at radius 2 is 1.84 bits per heavy atom. The number of rotatable bonds is 3. The summed E-state index contributed by atoms with van der Waals surface area (Å²) in [6.07, 6.45) is 0. The molecule has 0 fully saturated rings. The van der Waals surface area contributed by atoms with Gasteiger partial charge in [0, 0.05) is 17.9 Å². The zero-order valence-electron chi connectivity index (χ0n) is 10.2. The Bertz CT molecular complexity index is 596. The summed E-state index contributed by atoms with van der Waals surface area (Å²) in [6.45, 7) is 0.468. The number of carbonyl (C=O) groups is 1. The Hall–Kier alpha value is -2.04. The number of nitrogen functional groups attached to an aromatic ring is 1. The average Bonchev–Trinajstić information content (AvgIpc) is 2.42. The van der Waals surface area contributed by atoms with Crippen LogP contribution in [0, 0.1) is 0 Å². The Morgan fingerprint density at radius 3 is 2.47 bits per heavy atom. The third-order valence-corrected chi connectivity index (χ3v) is 3.01. The van der Waals surface area contributed by atoms with Gasteiger partial charge in [-0.05, 0) is 35.9 Å². The molecule has 98 valence electrons. The minimum absolute atomic E-state index is 0.294. The monoisotopic (exact) mass is 275 g/mol. The van der Waals surface area contributed by atoms with Crippen LogP contribution in [0.4, 0.5) is 11.4 Å². The highest BCUT2D eigenvalue weighted by molar-refractivity contribution is 6.34. The van der Waals surface area contributed by atoms with Crippen LogP contribution in [0.5, 0.6) is 0 Å². The maximum Gasteiger partial charge on any atom is 0.257 e. The van der Waals surface area contributed by atoms with E-state index in [-0.39, 0.29) is 5.91 Å². The quantitative estimate of drug-likeness (QED) is 0.753. The van der Waals surface area contributed by atoms with Gasteiger partial charge in [-0.1, -0.05) is 23.7 Å². The van der Waals surface area contributed by atoms with E-state index >= 15 is 0 Å². The Balaban J connectivity index is 2.18. The first kappa shape index (κ1) is 13.4. The molecule has 0 saturated carbocycles. The zero-order valence-corrected chi connectivity index (χ0v) is 10.9. The van der Waals surface area contributed by atoms with Crippen LogP contribution in [0.1, 0.15) is 15.9 Å². The van der Waals surface area contributed by atoms with Crippen molar-refractivity contribution >= 4 is 28.9 Å². The minimum atomic E-state index is -0.294. The topological polar surface area (TPSA) is 81.1 Å². The summed E-state index contributed by atoms with van der Waals surface area (Å²) in [7, 11) is 0. The van der Waals surface area contributed by atoms with Crippen molar-refractivity contribution in [3.8, 4) is 0 Å². The van der Waals surface area contributed by atoms with E-state index in [2.05, 4.69) is 5.32 Å². The van der Waals surface area contributed by atoms with Crippen LogP contribution in [0.25, 0.3) is 0 Å². The van der Waals surface area contributed by atoms with E-state index < -0.39 is 0 Å². The molecule has 0 heterocycles. The van der Waals surface area contributed by atoms with Crippen LogP contribution in [-0.4, -0.2) is 5.91 Å². The summed E-state index contributed by atoms with van der Waals surface area (Å²) in [4.78, 5) is 12.1. The molecule has 0 aliphatic rings. The van der Waals surface area contributed by atoms with E-state index in [0.29, 0.717) is 28.5 Å². The van der Waals surface area contributed by atoms with Gasteiger partial charge >= 0.3 is 0 Å². The Kier molecular flexibility index (Phi) is 4.04. The first-order chi connectivity index (χ1) is 9.10. The minimum Gasteiger partial charge on any atom is -0.399 e. The van der Waals surface area contributed by atoms with Gasteiger partial charge in [-0.15, -0.1) is 0 Å². The molecular formula is C14H14ClN3O. The summed E-state index contributed by atoms with van der Waals surface area (Å²) < 4.78 is 0. The van der Waals surface area contributed by atoms with E-state index in [0.717, 1.165) is 5.56 Å². The fraction of sp³-hybridized carbons (Fsp3) is 0.0714. The van der Waals surface area contributed by atoms with Crippen molar-refractivity contribution in [2.24, 2.45) is 5.73 Å². The number of hydrogen-bond acceptors (Lipinski definition) is 3. The van der Waals surface area contributed by atoms with Crippen LogP contribution < -0.4 is 16.8 Å². The van der Waals surface area contributed by atoms with Crippen LogP contribution in [0.2, 0.25) is 5.02 Å². The van der Waals surface area contributed by atoms with Crippen molar-refractivity contribution in [3.63, 3.8) is 0 Å². The summed E-state index contributed by atoms with van der Waals surface area (Å²) >= 11 is 5.97. The third-order valence-electron chi connectivity index (χ3n) is 2.68. The van der Waals surface area contributed by atoms with Crippen LogP contribution in [0.15, 0.2) is 42.5 Å². The van der Waals surface area contributed by atoms with E-state index in [1.165, 1.54) is 0 Å².